The minimum Gasteiger partial charge on any atom is -0.494 e. The highest BCUT2D eigenvalue weighted by Gasteiger charge is 2.00. The van der Waals surface area contributed by atoms with Crippen LogP contribution in [0.1, 0.15) is 77.5 Å². The number of hydrogen-bond acceptors (Lipinski definition) is 5. The van der Waals surface area contributed by atoms with Crippen molar-refractivity contribution in [2.24, 2.45) is 0 Å². The summed E-state index contributed by atoms with van der Waals surface area (Å²) in [7, 11) is 0. The minimum atomic E-state index is 0.778. The average molecular weight is 507 g/mol. The maximum Gasteiger partial charge on any atom is 0.119 e. The number of carbonyl (C=O) groups excluding carboxylic acids is 2. The molecule has 0 amide bonds. The summed E-state index contributed by atoms with van der Waals surface area (Å²) in [5.74, 6) is 2.16. The standard InChI is InChI=1S/C15H18N2O.C8H10.C6H14.C2H2O.CH2O/c1-3-4-11-18-14-8-6-13(7-9-14)15-10-5-12(2)16-17-15;1-2-8-6-4-3-5-7-8;1-3-5-6-4-2;1-2-3;1-2/h5-10H,3-4,11H2,1-2H3;3-7H,2H2,1H3;3-6H2,1-2H3;1H2;1H2. The van der Waals surface area contributed by atoms with E-state index in [9.17, 15) is 0 Å². The van der Waals surface area contributed by atoms with Crippen molar-refractivity contribution in [1.82, 2.24) is 10.2 Å². The normalized spacial score (nSPS) is 8.78. The summed E-state index contributed by atoms with van der Waals surface area (Å²) in [6.07, 6.45) is 8.91. The molecule has 0 saturated heterocycles. The summed E-state index contributed by atoms with van der Waals surface area (Å²) in [5.41, 5.74) is 4.29. The molecule has 37 heavy (non-hydrogen) atoms. The van der Waals surface area contributed by atoms with Gasteiger partial charge in [0.15, 0.2) is 0 Å². The summed E-state index contributed by atoms with van der Waals surface area (Å²) < 4.78 is 5.62. The second-order valence-electron chi connectivity index (χ2n) is 7.98. The van der Waals surface area contributed by atoms with Crippen molar-refractivity contribution in [3.63, 3.8) is 0 Å². The van der Waals surface area contributed by atoms with Crippen LogP contribution in [-0.4, -0.2) is 29.5 Å². The summed E-state index contributed by atoms with van der Waals surface area (Å²) >= 11 is 0. The Morgan fingerprint density at radius 3 is 1.70 bits per heavy atom. The molecule has 0 saturated carbocycles. The fourth-order valence-electron chi connectivity index (χ4n) is 2.82. The van der Waals surface area contributed by atoms with E-state index in [1.807, 2.05) is 56.2 Å². The zero-order chi connectivity index (χ0) is 28.2. The third kappa shape index (κ3) is 20.3. The Hall–Kier alpha value is -3.56. The Kier molecular flexibility index (Phi) is 26.0. The summed E-state index contributed by atoms with van der Waals surface area (Å²) in [5, 5.41) is 8.22. The summed E-state index contributed by atoms with van der Waals surface area (Å²) in [6, 6.07) is 22.4. The molecule has 0 bridgehead atoms. The van der Waals surface area contributed by atoms with Crippen molar-refractivity contribution >= 4 is 12.7 Å². The second-order valence-corrected chi connectivity index (χ2v) is 7.98. The molecular formula is C32H46N2O3. The van der Waals surface area contributed by atoms with E-state index in [-0.39, 0.29) is 0 Å². The first-order valence-corrected chi connectivity index (χ1v) is 13.1. The summed E-state index contributed by atoms with van der Waals surface area (Å²) in [4.78, 5) is 16.6. The molecule has 0 aliphatic rings. The number of ether oxygens (including phenoxy) is 1. The highest BCUT2D eigenvalue weighted by atomic mass is 16.5. The maximum absolute atomic E-state index is 8.57. The highest BCUT2D eigenvalue weighted by Crippen LogP contribution is 2.20. The molecule has 202 valence electrons. The van der Waals surface area contributed by atoms with Crippen molar-refractivity contribution in [1.29, 1.82) is 0 Å². The van der Waals surface area contributed by atoms with Crippen LogP contribution in [0.4, 0.5) is 0 Å². The van der Waals surface area contributed by atoms with Gasteiger partial charge in [0.05, 0.1) is 18.0 Å². The highest BCUT2D eigenvalue weighted by molar-refractivity contribution is 5.59. The van der Waals surface area contributed by atoms with Gasteiger partial charge in [0.25, 0.3) is 0 Å². The van der Waals surface area contributed by atoms with Crippen LogP contribution in [0.2, 0.25) is 0 Å². The van der Waals surface area contributed by atoms with Crippen LogP contribution in [-0.2, 0) is 16.0 Å². The molecule has 0 aliphatic heterocycles. The van der Waals surface area contributed by atoms with E-state index in [1.165, 1.54) is 37.2 Å². The lowest BCUT2D eigenvalue weighted by molar-refractivity contribution is -0.0980. The lowest BCUT2D eigenvalue weighted by Gasteiger charge is -2.06. The number of nitrogens with zero attached hydrogens (tertiary/aromatic N) is 2. The van der Waals surface area contributed by atoms with Crippen LogP contribution in [0.3, 0.4) is 0 Å². The number of carbonyl (C=O) groups is 1. The van der Waals surface area contributed by atoms with Crippen molar-refractivity contribution in [2.45, 2.75) is 79.6 Å². The van der Waals surface area contributed by atoms with E-state index in [2.05, 4.69) is 68.7 Å². The van der Waals surface area contributed by atoms with Crippen LogP contribution in [0, 0.1) is 6.92 Å². The lowest BCUT2D eigenvalue weighted by atomic mass is 10.1. The average Bonchev–Trinajstić information content (AvgIpc) is 2.95. The van der Waals surface area contributed by atoms with E-state index >= 15 is 0 Å². The van der Waals surface area contributed by atoms with Crippen molar-refractivity contribution in [2.75, 3.05) is 6.61 Å². The molecule has 3 aromatic rings. The number of aromatic nitrogens is 2. The van der Waals surface area contributed by atoms with Gasteiger partial charge in [-0.1, -0.05) is 90.1 Å². The fraction of sp³-hybridized carbons (Fsp3) is 0.406. The smallest absolute Gasteiger partial charge is 0.119 e. The van der Waals surface area contributed by atoms with Gasteiger partial charge in [-0.3, -0.25) is 0 Å². The molecule has 2 aromatic carbocycles. The Morgan fingerprint density at radius 2 is 1.30 bits per heavy atom. The molecule has 5 nitrogen and oxygen atoms in total. The molecule has 0 aliphatic carbocycles. The van der Waals surface area contributed by atoms with Crippen LogP contribution < -0.4 is 4.74 Å². The molecule has 0 N–H and O–H groups in total. The second kappa shape index (κ2) is 27.0. The minimum absolute atomic E-state index is 0.778. The monoisotopic (exact) mass is 506 g/mol. The van der Waals surface area contributed by atoms with Crippen LogP contribution in [0.5, 0.6) is 5.75 Å². The number of unbranched alkanes of at least 4 members (excludes halogenated alkanes) is 4. The predicted molar refractivity (Wildman–Crippen MR) is 157 cm³/mol. The molecule has 1 heterocycles. The first-order chi connectivity index (χ1) is 18.1. The van der Waals surface area contributed by atoms with Gasteiger partial charge in [0.2, 0.25) is 0 Å². The van der Waals surface area contributed by atoms with E-state index in [4.69, 9.17) is 14.3 Å². The van der Waals surface area contributed by atoms with Crippen molar-refractivity contribution in [3.8, 4) is 17.0 Å². The molecule has 0 radical (unpaired) electrons. The first kappa shape index (κ1) is 35.6. The Balaban J connectivity index is 0. The molecule has 1 aromatic heterocycles. The predicted octanol–water partition coefficient (Wildman–Crippen LogP) is 8.29. The molecule has 5 heteroatoms. The van der Waals surface area contributed by atoms with Crippen molar-refractivity contribution < 1.29 is 14.3 Å². The first-order valence-electron chi connectivity index (χ1n) is 13.1. The number of hydrogen-bond donors (Lipinski definition) is 0. The number of aryl methyl sites for hydroxylation is 2. The summed E-state index contributed by atoms with van der Waals surface area (Å²) in [6.45, 7) is 16.2. The van der Waals surface area contributed by atoms with Crippen LogP contribution in [0.15, 0.2) is 73.3 Å². The quantitative estimate of drug-likeness (QED) is 0.216. The fourth-order valence-corrected chi connectivity index (χ4v) is 2.82. The molecule has 0 unspecified atom stereocenters. The van der Waals surface area contributed by atoms with Gasteiger partial charge < -0.3 is 9.53 Å². The van der Waals surface area contributed by atoms with Crippen LogP contribution in [0.25, 0.3) is 11.3 Å². The molecule has 0 fully saturated rings. The molecule has 0 spiro atoms. The molecular weight excluding hydrogens is 460 g/mol. The Bertz CT molecular complexity index is 901. The van der Waals surface area contributed by atoms with Gasteiger partial charge in [-0.2, -0.15) is 10.2 Å². The lowest BCUT2D eigenvalue weighted by Crippen LogP contribution is -1.96. The largest absolute Gasteiger partial charge is 0.494 e. The Morgan fingerprint density at radius 1 is 0.757 bits per heavy atom. The van der Waals surface area contributed by atoms with Gasteiger partial charge in [-0.15, -0.1) is 0 Å². The topological polar surface area (TPSA) is 69.2 Å². The Labute approximate surface area is 225 Å². The number of benzene rings is 2. The van der Waals surface area contributed by atoms with Gasteiger partial charge in [-0.05, 0) is 68.3 Å². The zero-order valence-electron chi connectivity index (χ0n) is 23.5. The van der Waals surface area contributed by atoms with Crippen molar-refractivity contribution in [3.05, 3.63) is 84.6 Å². The maximum atomic E-state index is 8.57. The molecule has 0 atom stereocenters. The van der Waals surface area contributed by atoms with Crippen LogP contribution >= 0.6 is 0 Å². The third-order valence-corrected chi connectivity index (χ3v) is 4.92. The molecule has 3 rings (SSSR count). The SMILES string of the molecule is C=C=O.C=O.CCCCCC.CCCCOc1ccc(-c2ccc(C)nn2)cc1.CCc1ccccc1. The third-order valence-electron chi connectivity index (χ3n) is 4.92. The zero-order valence-corrected chi connectivity index (χ0v) is 23.5. The number of rotatable bonds is 9. The van der Waals surface area contributed by atoms with Gasteiger partial charge >= 0.3 is 0 Å². The van der Waals surface area contributed by atoms with E-state index in [0.717, 1.165) is 48.6 Å². The van der Waals surface area contributed by atoms with E-state index in [1.54, 1.807) is 0 Å². The van der Waals surface area contributed by atoms with Gasteiger partial charge in [-0.25, -0.2) is 4.79 Å². The van der Waals surface area contributed by atoms with E-state index < -0.39 is 0 Å². The van der Waals surface area contributed by atoms with Gasteiger partial charge in [0.1, 0.15) is 18.5 Å². The van der Waals surface area contributed by atoms with E-state index in [0.29, 0.717) is 0 Å². The van der Waals surface area contributed by atoms with Gasteiger partial charge in [0, 0.05) is 5.56 Å².